The molecule has 0 aromatic heterocycles. The monoisotopic (exact) mass is 204 g/mol. The molecule has 0 radical (unpaired) electrons. The van der Waals surface area contributed by atoms with Crippen LogP contribution in [0.15, 0.2) is 24.3 Å². The highest BCUT2D eigenvalue weighted by atomic mass is 16.3. The summed E-state index contributed by atoms with van der Waals surface area (Å²) in [6, 6.07) is 7.32. The minimum absolute atomic E-state index is 0.0449. The van der Waals surface area contributed by atoms with Crippen LogP contribution in [0.25, 0.3) is 0 Å². The van der Waals surface area contributed by atoms with E-state index in [-0.39, 0.29) is 5.78 Å². The largest absolute Gasteiger partial charge is 0.385 e. The molecule has 1 aromatic carbocycles. The summed E-state index contributed by atoms with van der Waals surface area (Å²) in [6.07, 6.45) is 2.16. The van der Waals surface area contributed by atoms with Crippen LogP contribution in [0.2, 0.25) is 0 Å². The zero-order valence-corrected chi connectivity index (χ0v) is 9.16. The summed E-state index contributed by atoms with van der Waals surface area (Å²) in [6.45, 7) is 3.38. The Morgan fingerprint density at radius 3 is 2.67 bits per heavy atom. The molecule has 1 aliphatic rings. The Bertz CT molecular complexity index is 389. The third-order valence-electron chi connectivity index (χ3n) is 3.23. The average molecular weight is 204 g/mol. The van der Waals surface area contributed by atoms with Crippen LogP contribution in [-0.4, -0.2) is 10.9 Å². The SMILES string of the molecule is CC(=O)c1cccc(C(C)(O)C2CC2)c1. The van der Waals surface area contributed by atoms with Gasteiger partial charge in [0.05, 0.1) is 5.60 Å². The van der Waals surface area contributed by atoms with Gasteiger partial charge in [-0.2, -0.15) is 0 Å². The second kappa shape index (κ2) is 3.46. The molecule has 1 saturated carbocycles. The van der Waals surface area contributed by atoms with E-state index in [1.807, 2.05) is 19.1 Å². The molecule has 2 heteroatoms. The summed E-state index contributed by atoms with van der Waals surface area (Å²) in [5.41, 5.74) is 0.761. The van der Waals surface area contributed by atoms with E-state index in [2.05, 4.69) is 0 Å². The Labute approximate surface area is 89.9 Å². The third kappa shape index (κ3) is 1.95. The van der Waals surface area contributed by atoms with Gasteiger partial charge in [-0.05, 0) is 44.2 Å². The fourth-order valence-electron chi connectivity index (χ4n) is 1.93. The number of carbonyl (C=O) groups is 1. The van der Waals surface area contributed by atoms with Crippen LogP contribution in [0, 0.1) is 5.92 Å². The molecule has 0 saturated heterocycles. The zero-order valence-electron chi connectivity index (χ0n) is 9.16. The lowest BCUT2D eigenvalue weighted by atomic mass is 9.89. The van der Waals surface area contributed by atoms with Crippen molar-refractivity contribution < 1.29 is 9.90 Å². The van der Waals surface area contributed by atoms with Crippen LogP contribution in [0.1, 0.15) is 42.6 Å². The lowest BCUT2D eigenvalue weighted by Gasteiger charge is -2.23. The van der Waals surface area contributed by atoms with Gasteiger partial charge in [0.2, 0.25) is 0 Å². The van der Waals surface area contributed by atoms with Crippen molar-refractivity contribution in [1.29, 1.82) is 0 Å². The molecule has 0 heterocycles. The highest BCUT2D eigenvalue weighted by Gasteiger charge is 2.41. The van der Waals surface area contributed by atoms with Crippen LogP contribution in [-0.2, 0) is 5.60 Å². The maximum absolute atomic E-state index is 11.2. The predicted molar refractivity (Wildman–Crippen MR) is 58.7 cm³/mol. The molecule has 1 N–H and O–H groups in total. The van der Waals surface area contributed by atoms with E-state index in [1.165, 1.54) is 0 Å². The molecule has 0 aliphatic heterocycles. The van der Waals surface area contributed by atoms with Gasteiger partial charge in [0, 0.05) is 5.56 Å². The molecule has 1 aliphatic carbocycles. The van der Waals surface area contributed by atoms with Crippen molar-refractivity contribution in [2.75, 3.05) is 0 Å². The molecule has 1 aromatic rings. The summed E-state index contributed by atoms with van der Waals surface area (Å²) in [7, 11) is 0. The maximum Gasteiger partial charge on any atom is 0.159 e. The van der Waals surface area contributed by atoms with Gasteiger partial charge >= 0.3 is 0 Å². The van der Waals surface area contributed by atoms with Gasteiger partial charge in [-0.3, -0.25) is 4.79 Å². The molecule has 80 valence electrons. The van der Waals surface area contributed by atoms with Crippen LogP contribution >= 0.6 is 0 Å². The minimum Gasteiger partial charge on any atom is -0.385 e. The summed E-state index contributed by atoms with van der Waals surface area (Å²) in [4.78, 5) is 11.2. The summed E-state index contributed by atoms with van der Waals surface area (Å²) >= 11 is 0. The molecule has 15 heavy (non-hydrogen) atoms. The molecule has 2 rings (SSSR count). The van der Waals surface area contributed by atoms with Crippen molar-refractivity contribution in [3.8, 4) is 0 Å². The van der Waals surface area contributed by atoms with Crippen LogP contribution in [0.3, 0.4) is 0 Å². The molecule has 1 atom stereocenters. The Balaban J connectivity index is 2.35. The molecule has 0 bridgehead atoms. The number of hydrogen-bond donors (Lipinski definition) is 1. The van der Waals surface area contributed by atoms with Gasteiger partial charge < -0.3 is 5.11 Å². The van der Waals surface area contributed by atoms with E-state index in [9.17, 15) is 9.90 Å². The molecular formula is C13H16O2. The predicted octanol–water partition coefficient (Wildman–Crippen LogP) is 2.51. The maximum atomic E-state index is 11.2. The summed E-state index contributed by atoms with van der Waals surface area (Å²) in [5, 5.41) is 10.3. The first kappa shape index (κ1) is 10.4. The Morgan fingerprint density at radius 2 is 2.13 bits per heavy atom. The summed E-state index contributed by atoms with van der Waals surface area (Å²) < 4.78 is 0. The van der Waals surface area contributed by atoms with Crippen molar-refractivity contribution in [1.82, 2.24) is 0 Å². The minimum atomic E-state index is -0.772. The molecule has 1 unspecified atom stereocenters. The van der Waals surface area contributed by atoms with Crippen molar-refractivity contribution >= 4 is 5.78 Å². The number of carbonyl (C=O) groups excluding carboxylic acids is 1. The van der Waals surface area contributed by atoms with Gasteiger partial charge in [0.1, 0.15) is 0 Å². The van der Waals surface area contributed by atoms with Crippen molar-refractivity contribution in [2.45, 2.75) is 32.3 Å². The highest BCUT2D eigenvalue weighted by molar-refractivity contribution is 5.94. The van der Waals surface area contributed by atoms with Crippen LogP contribution < -0.4 is 0 Å². The molecule has 2 nitrogen and oxygen atoms in total. The van der Waals surface area contributed by atoms with Gasteiger partial charge in [-0.25, -0.2) is 0 Å². The molecular weight excluding hydrogens is 188 g/mol. The van der Waals surface area contributed by atoms with Gasteiger partial charge in [-0.1, -0.05) is 18.2 Å². The Morgan fingerprint density at radius 1 is 1.47 bits per heavy atom. The number of aliphatic hydroxyl groups is 1. The van der Waals surface area contributed by atoms with Gasteiger partial charge in [0.15, 0.2) is 5.78 Å². The first-order chi connectivity index (χ1) is 7.01. The van der Waals surface area contributed by atoms with E-state index < -0.39 is 5.60 Å². The highest BCUT2D eigenvalue weighted by Crippen LogP contribution is 2.45. The second-order valence-corrected chi connectivity index (χ2v) is 4.56. The lowest BCUT2D eigenvalue weighted by Crippen LogP contribution is -2.23. The standard InChI is InChI=1S/C13H16O2/c1-9(14)10-4-3-5-12(8-10)13(2,15)11-6-7-11/h3-5,8,11,15H,6-7H2,1-2H3. The van der Waals surface area contributed by atoms with Gasteiger partial charge in [-0.15, -0.1) is 0 Å². The number of ketones is 1. The van der Waals surface area contributed by atoms with Crippen LogP contribution in [0.4, 0.5) is 0 Å². The molecule has 0 spiro atoms. The van der Waals surface area contributed by atoms with E-state index in [1.54, 1.807) is 19.1 Å². The van der Waals surface area contributed by atoms with Crippen molar-refractivity contribution in [2.24, 2.45) is 5.92 Å². The van der Waals surface area contributed by atoms with E-state index in [0.717, 1.165) is 18.4 Å². The van der Waals surface area contributed by atoms with Crippen LogP contribution in [0.5, 0.6) is 0 Å². The number of hydrogen-bond acceptors (Lipinski definition) is 2. The number of benzene rings is 1. The fraction of sp³-hybridized carbons (Fsp3) is 0.462. The number of Topliss-reactive ketones (excluding diaryl/α,β-unsaturated/α-hetero) is 1. The second-order valence-electron chi connectivity index (χ2n) is 4.56. The summed E-state index contributed by atoms with van der Waals surface area (Å²) in [5.74, 6) is 0.406. The zero-order chi connectivity index (χ0) is 11.1. The topological polar surface area (TPSA) is 37.3 Å². The van der Waals surface area contributed by atoms with E-state index >= 15 is 0 Å². The Kier molecular flexibility index (Phi) is 2.39. The molecule has 0 amide bonds. The fourth-order valence-corrected chi connectivity index (χ4v) is 1.93. The quantitative estimate of drug-likeness (QED) is 0.768. The van der Waals surface area contributed by atoms with Crippen molar-refractivity contribution in [3.05, 3.63) is 35.4 Å². The first-order valence-corrected chi connectivity index (χ1v) is 5.35. The lowest BCUT2D eigenvalue weighted by molar-refractivity contribution is 0.0330. The normalized spacial score (nSPS) is 19.7. The van der Waals surface area contributed by atoms with E-state index in [4.69, 9.17) is 0 Å². The smallest absolute Gasteiger partial charge is 0.159 e. The van der Waals surface area contributed by atoms with E-state index in [0.29, 0.717) is 11.5 Å². The number of rotatable bonds is 3. The first-order valence-electron chi connectivity index (χ1n) is 5.35. The molecule has 1 fully saturated rings. The average Bonchev–Trinajstić information content (AvgIpc) is 3.01. The third-order valence-corrected chi connectivity index (χ3v) is 3.23. The Hall–Kier alpha value is -1.15. The van der Waals surface area contributed by atoms with Gasteiger partial charge in [0.25, 0.3) is 0 Å². The van der Waals surface area contributed by atoms with Crippen molar-refractivity contribution in [3.63, 3.8) is 0 Å².